The van der Waals surface area contributed by atoms with Gasteiger partial charge in [-0.1, -0.05) is 76.8 Å². The van der Waals surface area contributed by atoms with Crippen LogP contribution in [0, 0.1) is 0 Å². The van der Waals surface area contributed by atoms with E-state index in [4.69, 9.17) is 4.55 Å². The zero-order valence-electron chi connectivity index (χ0n) is 15.8. The standard InChI is InChI=1S/C18H30O3S.K.H/c1-2-3-4-5-6-7-8-9-10-11-12-17-13-15-18(16-14-17)22(19,20)21;;/h13-16H,2-12H2,1H3,(H,19,20,21);;/q;+1;-1. The molecule has 1 aromatic rings. The molecule has 0 spiro atoms. The van der Waals surface area contributed by atoms with E-state index in [0.29, 0.717) is 0 Å². The maximum absolute atomic E-state index is 10.9. The second kappa shape index (κ2) is 14.0. The minimum atomic E-state index is -4.06. The van der Waals surface area contributed by atoms with Crippen LogP contribution in [0.25, 0.3) is 0 Å². The van der Waals surface area contributed by atoms with E-state index in [9.17, 15) is 8.42 Å². The Hall–Kier alpha value is 0.766. The first-order chi connectivity index (χ1) is 10.5. The maximum atomic E-state index is 10.9. The summed E-state index contributed by atoms with van der Waals surface area (Å²) in [7, 11) is -4.06. The average molecular weight is 367 g/mol. The molecule has 23 heavy (non-hydrogen) atoms. The molecule has 1 rings (SSSR count). The molecule has 0 aromatic heterocycles. The van der Waals surface area contributed by atoms with Crippen LogP contribution in [0.5, 0.6) is 0 Å². The number of hydrogen-bond acceptors (Lipinski definition) is 2. The van der Waals surface area contributed by atoms with E-state index < -0.39 is 10.1 Å². The van der Waals surface area contributed by atoms with Crippen LogP contribution in [0.3, 0.4) is 0 Å². The van der Waals surface area contributed by atoms with E-state index in [2.05, 4.69) is 6.92 Å². The first-order valence-electron chi connectivity index (χ1n) is 8.60. The molecule has 0 aliphatic rings. The molecule has 0 unspecified atom stereocenters. The first kappa shape index (κ1) is 23.8. The predicted molar refractivity (Wildman–Crippen MR) is 92.9 cm³/mol. The molecule has 5 heteroatoms. The SMILES string of the molecule is CCCCCCCCCCCCc1ccc(S(=O)(=O)O)cc1.[H-].[K+]. The monoisotopic (exact) mass is 366 g/mol. The Labute approximate surface area is 186 Å². The van der Waals surface area contributed by atoms with Gasteiger partial charge in [0.2, 0.25) is 0 Å². The van der Waals surface area contributed by atoms with Crippen LogP contribution in [0.2, 0.25) is 0 Å². The third-order valence-electron chi connectivity index (χ3n) is 4.04. The van der Waals surface area contributed by atoms with Gasteiger partial charge in [0.05, 0.1) is 4.90 Å². The number of unbranched alkanes of at least 4 members (excludes halogenated alkanes) is 9. The number of rotatable bonds is 12. The summed E-state index contributed by atoms with van der Waals surface area (Å²) in [5.41, 5.74) is 1.13. The molecule has 0 radical (unpaired) electrons. The van der Waals surface area contributed by atoms with Crippen molar-refractivity contribution in [3.05, 3.63) is 29.8 Å². The van der Waals surface area contributed by atoms with Gasteiger partial charge in [-0.3, -0.25) is 4.55 Å². The van der Waals surface area contributed by atoms with Gasteiger partial charge in [-0.25, -0.2) is 0 Å². The zero-order valence-corrected chi connectivity index (χ0v) is 18.7. The van der Waals surface area contributed by atoms with E-state index in [-0.39, 0.29) is 57.7 Å². The van der Waals surface area contributed by atoms with Gasteiger partial charge in [0.25, 0.3) is 10.1 Å². The quantitative estimate of drug-likeness (QED) is 0.351. The summed E-state index contributed by atoms with van der Waals surface area (Å²) in [5.74, 6) is 0. The van der Waals surface area contributed by atoms with Crippen molar-refractivity contribution in [3.8, 4) is 0 Å². The Morgan fingerprint density at radius 1 is 0.826 bits per heavy atom. The van der Waals surface area contributed by atoms with Gasteiger partial charge < -0.3 is 1.43 Å². The van der Waals surface area contributed by atoms with Crippen molar-refractivity contribution in [3.63, 3.8) is 0 Å². The second-order valence-corrected chi connectivity index (χ2v) is 7.47. The molecule has 3 nitrogen and oxygen atoms in total. The fraction of sp³-hybridized carbons (Fsp3) is 0.667. The van der Waals surface area contributed by atoms with Crippen LogP contribution in [0.4, 0.5) is 0 Å². The Bertz CT molecular complexity index is 504. The van der Waals surface area contributed by atoms with Crippen LogP contribution < -0.4 is 51.4 Å². The van der Waals surface area contributed by atoms with E-state index in [1.165, 1.54) is 69.9 Å². The van der Waals surface area contributed by atoms with Crippen molar-refractivity contribution >= 4 is 10.1 Å². The summed E-state index contributed by atoms with van der Waals surface area (Å²) in [5, 5.41) is 0. The van der Waals surface area contributed by atoms with Crippen molar-refractivity contribution < 1.29 is 65.8 Å². The van der Waals surface area contributed by atoms with Crippen molar-refractivity contribution in [2.45, 2.75) is 82.4 Å². The largest absolute Gasteiger partial charge is 1.00 e. The molecule has 0 aliphatic carbocycles. The fourth-order valence-corrected chi connectivity index (χ4v) is 3.12. The predicted octanol–water partition coefficient (Wildman–Crippen LogP) is 2.51. The van der Waals surface area contributed by atoms with Crippen molar-refractivity contribution in [2.75, 3.05) is 0 Å². The topological polar surface area (TPSA) is 54.4 Å². The van der Waals surface area contributed by atoms with Crippen LogP contribution in [0.15, 0.2) is 29.2 Å². The third kappa shape index (κ3) is 11.9. The minimum absolute atomic E-state index is 0. The average Bonchev–Trinajstić information content (AvgIpc) is 2.49. The summed E-state index contributed by atoms with van der Waals surface area (Å²) in [6.07, 6.45) is 14.1. The molecule has 0 fully saturated rings. The summed E-state index contributed by atoms with van der Waals surface area (Å²) in [4.78, 5) is -0.0284. The van der Waals surface area contributed by atoms with Gasteiger partial charge in [0.1, 0.15) is 0 Å². The van der Waals surface area contributed by atoms with Crippen molar-refractivity contribution in [1.82, 2.24) is 0 Å². The van der Waals surface area contributed by atoms with E-state index in [0.717, 1.165) is 18.4 Å². The second-order valence-electron chi connectivity index (χ2n) is 6.05. The summed E-state index contributed by atoms with van der Waals surface area (Å²) in [6, 6.07) is 6.52. The molecule has 1 aromatic carbocycles. The van der Waals surface area contributed by atoms with Crippen LogP contribution in [0.1, 0.15) is 78.1 Å². The molecular formula is C18H31KO3S. The summed E-state index contributed by atoms with van der Waals surface area (Å²) in [6.45, 7) is 2.25. The Morgan fingerprint density at radius 3 is 1.70 bits per heavy atom. The summed E-state index contributed by atoms with van der Waals surface area (Å²) < 4.78 is 30.8. The molecule has 0 atom stereocenters. The van der Waals surface area contributed by atoms with Gasteiger partial charge in [0, 0.05) is 0 Å². The van der Waals surface area contributed by atoms with Gasteiger partial charge in [0.15, 0.2) is 0 Å². The molecule has 1 N–H and O–H groups in total. The van der Waals surface area contributed by atoms with Crippen molar-refractivity contribution in [2.24, 2.45) is 0 Å². The number of aryl methyl sites for hydroxylation is 1. The van der Waals surface area contributed by atoms with Crippen LogP contribution in [-0.4, -0.2) is 13.0 Å². The smallest absolute Gasteiger partial charge is 1.00 e. The van der Waals surface area contributed by atoms with Gasteiger partial charge >= 0.3 is 51.4 Å². The Kier molecular flexibility index (Phi) is 14.5. The van der Waals surface area contributed by atoms with Crippen molar-refractivity contribution in [1.29, 1.82) is 0 Å². The molecule has 0 saturated carbocycles. The molecule has 0 bridgehead atoms. The molecule has 0 amide bonds. The van der Waals surface area contributed by atoms with Gasteiger partial charge in [-0.2, -0.15) is 8.42 Å². The van der Waals surface area contributed by atoms with E-state index in [1.807, 2.05) is 0 Å². The minimum Gasteiger partial charge on any atom is -1.00 e. The van der Waals surface area contributed by atoms with E-state index in [1.54, 1.807) is 12.1 Å². The van der Waals surface area contributed by atoms with Crippen LogP contribution >= 0.6 is 0 Å². The first-order valence-corrected chi connectivity index (χ1v) is 10.0. The molecule has 0 saturated heterocycles. The fourth-order valence-electron chi connectivity index (χ4n) is 2.64. The van der Waals surface area contributed by atoms with Crippen LogP contribution in [-0.2, 0) is 16.5 Å². The summed E-state index contributed by atoms with van der Waals surface area (Å²) >= 11 is 0. The van der Waals surface area contributed by atoms with Gasteiger partial charge in [-0.05, 0) is 30.5 Å². The zero-order chi connectivity index (χ0) is 16.3. The molecule has 0 aliphatic heterocycles. The molecular weight excluding hydrogens is 335 g/mol. The molecule has 128 valence electrons. The molecule has 0 heterocycles. The Morgan fingerprint density at radius 2 is 1.26 bits per heavy atom. The van der Waals surface area contributed by atoms with E-state index >= 15 is 0 Å². The third-order valence-corrected chi connectivity index (χ3v) is 4.91. The Balaban J connectivity index is 0. The van der Waals surface area contributed by atoms with Gasteiger partial charge in [-0.15, -0.1) is 0 Å². The number of benzene rings is 1. The normalized spacial score (nSPS) is 11.2. The number of hydrogen-bond donors (Lipinski definition) is 1. The maximum Gasteiger partial charge on any atom is 1.00 e.